The van der Waals surface area contributed by atoms with E-state index in [1.807, 2.05) is 68.4 Å². The molecule has 3 aromatic carbocycles. The predicted octanol–water partition coefficient (Wildman–Crippen LogP) is 6.14. The number of fused-ring (bicyclic) bond motifs is 1. The molecule has 0 spiro atoms. The summed E-state index contributed by atoms with van der Waals surface area (Å²) < 4.78 is 14.8. The minimum Gasteiger partial charge on any atom is -0.333 e. The van der Waals surface area contributed by atoms with E-state index in [1.54, 1.807) is 16.7 Å². The monoisotopic (exact) mass is 468 g/mol. The molecule has 1 aromatic heterocycles. The van der Waals surface area contributed by atoms with E-state index in [2.05, 4.69) is 21.0 Å². The van der Waals surface area contributed by atoms with E-state index in [9.17, 15) is 9.18 Å². The van der Waals surface area contributed by atoms with Gasteiger partial charge in [0.05, 0.1) is 27.9 Å². The van der Waals surface area contributed by atoms with Gasteiger partial charge < -0.3 is 4.98 Å². The number of rotatable bonds is 4. The van der Waals surface area contributed by atoms with Gasteiger partial charge in [0.1, 0.15) is 11.5 Å². The number of hydrogen-bond acceptors (Lipinski definition) is 4. The largest absolute Gasteiger partial charge is 0.333 e. The first-order valence-corrected chi connectivity index (χ1v) is 12.0. The van der Waals surface area contributed by atoms with Gasteiger partial charge in [0.15, 0.2) is 5.16 Å². The van der Waals surface area contributed by atoms with Gasteiger partial charge in [-0.2, -0.15) is 0 Å². The highest BCUT2D eigenvalue weighted by atomic mass is 32.2. The van der Waals surface area contributed by atoms with Crippen LogP contribution in [0.4, 0.5) is 15.8 Å². The molecule has 0 atom stereocenters. The summed E-state index contributed by atoms with van der Waals surface area (Å²) in [5, 5.41) is 0.804. The molecule has 7 heteroatoms. The van der Waals surface area contributed by atoms with Crippen molar-refractivity contribution in [1.82, 2.24) is 9.97 Å². The van der Waals surface area contributed by atoms with Gasteiger partial charge in [-0.05, 0) is 55.8 Å². The summed E-state index contributed by atoms with van der Waals surface area (Å²) in [7, 11) is 0. The molecule has 0 unspecified atom stereocenters. The quantitative estimate of drug-likeness (QED) is 0.366. The number of aliphatic imine (C=N–C) groups is 1. The van der Waals surface area contributed by atoms with Gasteiger partial charge in [0.25, 0.3) is 5.91 Å². The first-order valence-electron chi connectivity index (χ1n) is 11.0. The molecule has 0 bridgehead atoms. The number of anilines is 1. The number of benzene rings is 3. The molecular formula is C27H21FN4OS. The lowest BCUT2D eigenvalue weighted by Crippen LogP contribution is -2.48. The number of carbonyl (C=O) groups excluding carboxylic acids is 1. The van der Waals surface area contributed by atoms with Crippen LogP contribution in [-0.2, 0) is 4.79 Å². The number of aromatic nitrogens is 2. The van der Waals surface area contributed by atoms with Crippen LogP contribution in [0.3, 0.4) is 0 Å². The number of aromatic amines is 1. The molecule has 1 N–H and O–H groups in total. The molecule has 2 aliphatic rings. The van der Waals surface area contributed by atoms with Gasteiger partial charge >= 0.3 is 0 Å². The first kappa shape index (κ1) is 20.9. The number of amides is 1. The molecule has 5 nitrogen and oxygen atoms in total. The zero-order valence-electron chi connectivity index (χ0n) is 18.7. The summed E-state index contributed by atoms with van der Waals surface area (Å²) in [6.45, 7) is 4.00. The molecule has 34 heavy (non-hydrogen) atoms. The lowest BCUT2D eigenvalue weighted by molar-refractivity contribution is -0.112. The molecule has 0 saturated heterocycles. The third kappa shape index (κ3) is 3.35. The number of imidazole rings is 1. The van der Waals surface area contributed by atoms with E-state index in [0.29, 0.717) is 17.0 Å². The molecule has 168 valence electrons. The highest BCUT2D eigenvalue weighted by Gasteiger charge is 2.46. The van der Waals surface area contributed by atoms with Crippen LogP contribution in [0.15, 0.2) is 83.0 Å². The maximum absolute atomic E-state index is 14.8. The second-order valence-corrected chi connectivity index (χ2v) is 9.92. The third-order valence-electron chi connectivity index (χ3n) is 6.14. The van der Waals surface area contributed by atoms with Crippen LogP contribution < -0.4 is 4.90 Å². The van der Waals surface area contributed by atoms with Crippen molar-refractivity contribution in [3.63, 3.8) is 0 Å². The van der Waals surface area contributed by atoms with Gasteiger partial charge in [-0.15, -0.1) is 0 Å². The lowest BCUT2D eigenvalue weighted by Gasteiger charge is -2.39. The van der Waals surface area contributed by atoms with E-state index in [1.165, 1.54) is 12.1 Å². The first-order chi connectivity index (χ1) is 16.4. The van der Waals surface area contributed by atoms with Crippen LogP contribution in [0.25, 0.3) is 16.6 Å². The van der Waals surface area contributed by atoms with E-state index < -0.39 is 5.54 Å². The Morgan fingerprint density at radius 2 is 1.79 bits per heavy atom. The number of hydrogen-bond donors (Lipinski definition) is 1. The third-order valence-corrected chi connectivity index (χ3v) is 7.06. The molecule has 6 rings (SSSR count). The standard InChI is InChI=1S/C27H21FN4OS/c1-27(2)14-16(15-34-26-30-21-10-6-7-11-22(21)31-26)19-12-17(28)13-20-23(25(33)32(27)24(19)20)29-18-8-4-3-5-9-18/h3-14H,15H2,1-2H3,(H,30,31). The van der Waals surface area contributed by atoms with E-state index in [0.717, 1.165) is 33.0 Å². The molecule has 4 aromatic rings. The van der Waals surface area contributed by atoms with Crippen molar-refractivity contribution in [3.05, 3.63) is 89.8 Å². The van der Waals surface area contributed by atoms with Crippen molar-refractivity contribution in [3.8, 4) is 0 Å². The zero-order chi connectivity index (χ0) is 23.4. The Balaban J connectivity index is 1.42. The molecule has 2 aliphatic heterocycles. The summed E-state index contributed by atoms with van der Waals surface area (Å²) in [5.41, 5.74) is 5.20. The maximum atomic E-state index is 14.8. The number of para-hydroxylation sites is 3. The number of halogens is 1. The summed E-state index contributed by atoms with van der Waals surface area (Å²) in [4.78, 5) is 27.9. The van der Waals surface area contributed by atoms with Crippen LogP contribution >= 0.6 is 11.8 Å². The van der Waals surface area contributed by atoms with Gasteiger partial charge in [-0.25, -0.2) is 14.4 Å². The van der Waals surface area contributed by atoms with E-state index in [4.69, 9.17) is 0 Å². The second-order valence-electron chi connectivity index (χ2n) is 8.96. The van der Waals surface area contributed by atoms with E-state index in [-0.39, 0.29) is 17.4 Å². The van der Waals surface area contributed by atoms with Crippen molar-refractivity contribution in [1.29, 1.82) is 0 Å². The average Bonchev–Trinajstić information content (AvgIpc) is 3.35. The zero-order valence-corrected chi connectivity index (χ0v) is 19.5. The van der Waals surface area contributed by atoms with E-state index >= 15 is 0 Å². The fourth-order valence-corrected chi connectivity index (χ4v) is 5.59. The minimum atomic E-state index is -0.589. The normalized spacial score (nSPS) is 17.4. The molecule has 0 fully saturated rings. The number of nitrogens with zero attached hydrogens (tertiary/aromatic N) is 3. The molecule has 3 heterocycles. The van der Waals surface area contributed by atoms with Crippen molar-refractivity contribution in [2.75, 3.05) is 10.7 Å². The summed E-state index contributed by atoms with van der Waals surface area (Å²) in [6.07, 6.45) is 2.05. The van der Waals surface area contributed by atoms with Gasteiger partial charge in [-0.1, -0.05) is 48.2 Å². The molecule has 0 radical (unpaired) electrons. The highest BCUT2D eigenvalue weighted by Crippen LogP contribution is 2.47. The average molecular weight is 469 g/mol. The number of carbonyl (C=O) groups is 1. The van der Waals surface area contributed by atoms with Crippen LogP contribution in [0.1, 0.15) is 25.0 Å². The van der Waals surface area contributed by atoms with Gasteiger partial charge in [0.2, 0.25) is 0 Å². The molecule has 0 saturated carbocycles. The molecule has 1 amide bonds. The molecule has 0 aliphatic carbocycles. The van der Waals surface area contributed by atoms with Crippen LogP contribution in [0.5, 0.6) is 0 Å². The minimum absolute atomic E-state index is 0.212. The SMILES string of the molecule is CC1(C)C=C(CSc2nc3ccccc3[nH]2)c2cc(F)cc3c2N1C(=O)C3=Nc1ccccc1. The summed E-state index contributed by atoms with van der Waals surface area (Å²) in [5.74, 6) is -0.00812. The van der Waals surface area contributed by atoms with Crippen molar-refractivity contribution in [2.24, 2.45) is 4.99 Å². The van der Waals surface area contributed by atoms with Crippen molar-refractivity contribution >= 4 is 51.4 Å². The second kappa shape index (κ2) is 7.67. The fourth-order valence-electron chi connectivity index (χ4n) is 4.71. The highest BCUT2D eigenvalue weighted by molar-refractivity contribution is 7.99. The number of nitrogens with one attached hydrogen (secondary N) is 1. The Morgan fingerprint density at radius 3 is 2.59 bits per heavy atom. The van der Waals surface area contributed by atoms with Crippen LogP contribution in [-0.4, -0.2) is 32.9 Å². The number of H-pyrrole nitrogens is 1. The van der Waals surface area contributed by atoms with Gasteiger partial charge in [0, 0.05) is 16.9 Å². The van der Waals surface area contributed by atoms with Crippen molar-refractivity contribution in [2.45, 2.75) is 24.5 Å². The fraction of sp³-hybridized carbons (Fsp3) is 0.148. The smallest absolute Gasteiger partial charge is 0.278 e. The van der Waals surface area contributed by atoms with Crippen LogP contribution in [0.2, 0.25) is 0 Å². The Kier molecular flexibility index (Phi) is 4.71. The van der Waals surface area contributed by atoms with Crippen molar-refractivity contribution < 1.29 is 9.18 Å². The number of thioether (sulfide) groups is 1. The van der Waals surface area contributed by atoms with Crippen LogP contribution in [0, 0.1) is 5.82 Å². The molecular weight excluding hydrogens is 447 g/mol. The maximum Gasteiger partial charge on any atom is 0.278 e. The predicted molar refractivity (Wildman–Crippen MR) is 135 cm³/mol. The Labute approximate surface area is 200 Å². The summed E-state index contributed by atoms with van der Waals surface area (Å²) in [6, 6.07) is 20.1. The summed E-state index contributed by atoms with van der Waals surface area (Å²) >= 11 is 1.56. The Morgan fingerprint density at radius 1 is 1.06 bits per heavy atom. The topological polar surface area (TPSA) is 61.4 Å². The Hall–Kier alpha value is -3.71. The Bertz CT molecular complexity index is 1490. The lowest BCUT2D eigenvalue weighted by atomic mass is 9.89. The van der Waals surface area contributed by atoms with Gasteiger partial charge in [-0.3, -0.25) is 9.69 Å².